The molecule has 0 amide bonds. The number of allylic oxidation sites excluding steroid dienone is 5. The molecule has 0 saturated carbocycles. The molecule has 0 bridgehead atoms. The lowest BCUT2D eigenvalue weighted by molar-refractivity contribution is -0.164. The second kappa shape index (κ2) is 13.3. The smallest absolute Gasteiger partial charge is 0.395 e. The SMILES string of the molecule is CCNCCC(N)[C@@H]1C=CC(C2C=CC(C(F)(F)F)CC2)CC1.NC1=CC(Cl)CC(Cl)C1. The molecule has 184 valence electrons. The summed E-state index contributed by atoms with van der Waals surface area (Å²) in [7, 11) is 0. The Kier molecular flexibility index (Phi) is 11.4. The van der Waals surface area contributed by atoms with Gasteiger partial charge < -0.3 is 16.8 Å². The molecule has 3 aliphatic carbocycles. The predicted molar refractivity (Wildman–Crippen MR) is 129 cm³/mol. The molecule has 0 heterocycles. The minimum absolute atomic E-state index is 0.0428. The molecule has 0 aliphatic heterocycles. The monoisotopic (exact) mass is 495 g/mol. The lowest BCUT2D eigenvalue weighted by atomic mass is 9.74. The van der Waals surface area contributed by atoms with Crippen molar-refractivity contribution in [3.63, 3.8) is 0 Å². The fourth-order valence-corrected chi connectivity index (χ4v) is 5.50. The molecule has 3 aliphatic rings. The van der Waals surface area contributed by atoms with Crippen molar-refractivity contribution < 1.29 is 13.2 Å². The standard InChI is InChI=1S/C18H29F3N2.C6H9Cl2N/c1-2-23-12-11-17(22)15-5-3-13(4-6-15)14-7-9-16(10-8-14)18(19,20)21;7-4-1-5(8)3-6(9)2-4/h3,5,7,9,13-17,23H,2,4,6,8,10-12,22H2,1H3;2,4-5H,1,3,9H2/t13?,14?,15-,16?,17?;/m1./s1. The van der Waals surface area contributed by atoms with Gasteiger partial charge in [-0.25, -0.2) is 0 Å². The lowest BCUT2D eigenvalue weighted by Crippen LogP contribution is -2.35. The molecular weight excluding hydrogens is 458 g/mol. The summed E-state index contributed by atoms with van der Waals surface area (Å²) < 4.78 is 38.1. The lowest BCUT2D eigenvalue weighted by Gasteiger charge is -2.33. The molecule has 0 fully saturated rings. The normalized spacial score (nSPS) is 33.8. The van der Waals surface area contributed by atoms with Crippen LogP contribution >= 0.6 is 23.2 Å². The summed E-state index contributed by atoms with van der Waals surface area (Å²) in [4.78, 5) is 0. The summed E-state index contributed by atoms with van der Waals surface area (Å²) in [5.74, 6) is -0.222. The summed E-state index contributed by atoms with van der Waals surface area (Å²) in [5, 5.41) is 3.47. The van der Waals surface area contributed by atoms with E-state index in [9.17, 15) is 13.2 Å². The number of rotatable bonds is 6. The highest BCUT2D eigenvalue weighted by atomic mass is 35.5. The molecule has 5 N–H and O–H groups in total. The van der Waals surface area contributed by atoms with Crippen LogP contribution in [0.1, 0.15) is 51.9 Å². The van der Waals surface area contributed by atoms with Crippen molar-refractivity contribution in [2.24, 2.45) is 35.1 Å². The first-order valence-corrected chi connectivity index (χ1v) is 12.6. The van der Waals surface area contributed by atoms with E-state index in [1.807, 2.05) is 6.08 Å². The Morgan fingerprint density at radius 1 is 1.06 bits per heavy atom. The minimum atomic E-state index is -4.09. The van der Waals surface area contributed by atoms with Crippen LogP contribution < -0.4 is 16.8 Å². The van der Waals surface area contributed by atoms with E-state index in [2.05, 4.69) is 24.4 Å². The summed E-state index contributed by atoms with van der Waals surface area (Å²) >= 11 is 11.6. The molecule has 3 rings (SSSR count). The quantitative estimate of drug-likeness (QED) is 0.245. The van der Waals surface area contributed by atoms with Gasteiger partial charge in [-0.2, -0.15) is 13.2 Å². The topological polar surface area (TPSA) is 64.1 Å². The third-order valence-corrected chi connectivity index (χ3v) is 7.23. The van der Waals surface area contributed by atoms with Crippen LogP contribution in [-0.4, -0.2) is 36.1 Å². The second-order valence-corrected chi connectivity index (χ2v) is 10.3. The number of hydrogen-bond donors (Lipinski definition) is 3. The first-order valence-electron chi connectivity index (χ1n) is 11.7. The fourth-order valence-electron chi connectivity index (χ4n) is 4.66. The number of hydrogen-bond acceptors (Lipinski definition) is 3. The third kappa shape index (κ3) is 9.28. The highest BCUT2D eigenvalue weighted by molar-refractivity contribution is 6.24. The molecule has 3 nitrogen and oxygen atoms in total. The van der Waals surface area contributed by atoms with E-state index in [4.69, 9.17) is 34.7 Å². The molecule has 0 aromatic heterocycles. The molecule has 0 aromatic carbocycles. The van der Waals surface area contributed by atoms with Gasteiger partial charge in [0.25, 0.3) is 0 Å². The Labute approximate surface area is 200 Å². The van der Waals surface area contributed by atoms with Gasteiger partial charge in [-0.3, -0.25) is 0 Å². The molecule has 6 unspecified atom stereocenters. The molecule has 0 aromatic rings. The average Bonchev–Trinajstić information content (AvgIpc) is 2.73. The maximum absolute atomic E-state index is 12.7. The maximum atomic E-state index is 12.7. The Morgan fingerprint density at radius 3 is 2.19 bits per heavy atom. The summed E-state index contributed by atoms with van der Waals surface area (Å²) in [5.41, 5.74) is 12.6. The second-order valence-electron chi connectivity index (χ2n) is 9.16. The Morgan fingerprint density at radius 2 is 1.72 bits per heavy atom. The number of alkyl halides is 5. The van der Waals surface area contributed by atoms with Gasteiger partial charge in [0.1, 0.15) is 0 Å². The summed E-state index contributed by atoms with van der Waals surface area (Å²) in [6.45, 7) is 3.98. The molecular formula is C24H38Cl2F3N3. The predicted octanol–water partition coefficient (Wildman–Crippen LogP) is 5.88. The zero-order valence-corrected chi connectivity index (χ0v) is 20.3. The molecule has 0 spiro atoms. The van der Waals surface area contributed by atoms with E-state index in [0.29, 0.717) is 18.3 Å². The van der Waals surface area contributed by atoms with E-state index in [1.54, 1.807) is 6.08 Å². The van der Waals surface area contributed by atoms with Crippen LogP contribution in [0.5, 0.6) is 0 Å². The van der Waals surface area contributed by atoms with Gasteiger partial charge in [0, 0.05) is 23.5 Å². The zero-order chi connectivity index (χ0) is 23.7. The number of nitrogens with one attached hydrogen (secondary N) is 1. The van der Waals surface area contributed by atoms with Crippen molar-refractivity contribution in [2.75, 3.05) is 13.1 Å². The van der Waals surface area contributed by atoms with E-state index in [-0.39, 0.29) is 29.1 Å². The summed E-state index contributed by atoms with van der Waals surface area (Å²) in [6.07, 6.45) is 10.8. The van der Waals surface area contributed by atoms with Crippen molar-refractivity contribution in [3.8, 4) is 0 Å². The Bertz CT molecular complexity index is 651. The molecule has 32 heavy (non-hydrogen) atoms. The number of halogens is 5. The van der Waals surface area contributed by atoms with Crippen molar-refractivity contribution in [2.45, 2.75) is 74.8 Å². The van der Waals surface area contributed by atoms with Crippen LogP contribution in [0.25, 0.3) is 0 Å². The van der Waals surface area contributed by atoms with Crippen LogP contribution in [0, 0.1) is 23.7 Å². The van der Waals surface area contributed by atoms with Gasteiger partial charge in [-0.05, 0) is 75.4 Å². The Hall–Kier alpha value is -0.690. The van der Waals surface area contributed by atoms with Crippen molar-refractivity contribution in [3.05, 3.63) is 36.1 Å². The zero-order valence-electron chi connectivity index (χ0n) is 18.8. The first kappa shape index (κ1) is 27.6. The van der Waals surface area contributed by atoms with Crippen molar-refractivity contribution in [1.82, 2.24) is 5.32 Å². The van der Waals surface area contributed by atoms with Gasteiger partial charge in [0.15, 0.2) is 0 Å². The average molecular weight is 496 g/mol. The highest BCUT2D eigenvalue weighted by Gasteiger charge is 2.40. The first-order chi connectivity index (χ1) is 15.1. The van der Waals surface area contributed by atoms with E-state index in [1.165, 1.54) is 6.08 Å². The van der Waals surface area contributed by atoms with Crippen LogP contribution in [0.4, 0.5) is 13.2 Å². The van der Waals surface area contributed by atoms with Crippen molar-refractivity contribution >= 4 is 23.2 Å². The van der Waals surface area contributed by atoms with Crippen LogP contribution in [0.2, 0.25) is 0 Å². The number of nitrogens with two attached hydrogens (primary N) is 2. The molecule has 0 saturated heterocycles. The van der Waals surface area contributed by atoms with Crippen LogP contribution in [0.15, 0.2) is 36.1 Å². The minimum Gasteiger partial charge on any atom is -0.402 e. The molecule has 8 heteroatoms. The van der Waals surface area contributed by atoms with E-state index in [0.717, 1.165) is 50.9 Å². The van der Waals surface area contributed by atoms with Gasteiger partial charge in [-0.1, -0.05) is 31.2 Å². The van der Waals surface area contributed by atoms with Crippen molar-refractivity contribution in [1.29, 1.82) is 0 Å². The maximum Gasteiger partial charge on any atom is 0.395 e. The van der Waals surface area contributed by atoms with Crippen LogP contribution in [-0.2, 0) is 0 Å². The Balaban J connectivity index is 0.000000336. The molecule has 0 radical (unpaired) electrons. The molecule has 7 atom stereocenters. The van der Waals surface area contributed by atoms with Gasteiger partial charge in [0.2, 0.25) is 0 Å². The van der Waals surface area contributed by atoms with E-state index >= 15 is 0 Å². The highest BCUT2D eigenvalue weighted by Crippen LogP contribution is 2.40. The summed E-state index contributed by atoms with van der Waals surface area (Å²) in [6, 6.07) is 0.169. The largest absolute Gasteiger partial charge is 0.402 e. The van der Waals surface area contributed by atoms with Crippen LogP contribution in [0.3, 0.4) is 0 Å². The van der Waals surface area contributed by atoms with Gasteiger partial charge >= 0.3 is 6.18 Å². The van der Waals surface area contributed by atoms with E-state index < -0.39 is 12.1 Å². The van der Waals surface area contributed by atoms with Gasteiger partial charge in [0.05, 0.1) is 11.3 Å². The third-order valence-electron chi connectivity index (χ3n) is 6.60. The fraction of sp³-hybridized carbons (Fsp3) is 0.750. The van der Waals surface area contributed by atoms with Gasteiger partial charge in [-0.15, -0.1) is 23.2 Å².